The molecule has 6 rings (SSSR count). The van der Waals surface area contributed by atoms with Gasteiger partial charge < -0.3 is 19.1 Å². The molecule has 4 aromatic carbocycles. The van der Waals surface area contributed by atoms with Gasteiger partial charge in [0.15, 0.2) is 17.2 Å². The first-order valence-electron chi connectivity index (χ1n) is 12.4. The number of carbonyl (C=O) groups is 1. The monoisotopic (exact) mass is 541 g/mol. The Kier molecular flexibility index (Phi) is 6.06. The number of nitrogens with zero attached hydrogens (tertiary/aromatic N) is 2. The fourth-order valence-electron chi connectivity index (χ4n) is 4.78. The zero-order valence-electron chi connectivity index (χ0n) is 21.7. The number of hydrogen-bond donors (Lipinski definition) is 1. The van der Waals surface area contributed by atoms with Crippen molar-refractivity contribution in [3.8, 4) is 33.9 Å². The van der Waals surface area contributed by atoms with Gasteiger partial charge in [-0.2, -0.15) is 0 Å². The molecule has 2 heterocycles. The van der Waals surface area contributed by atoms with Gasteiger partial charge in [-0.05, 0) is 60.2 Å². The van der Waals surface area contributed by atoms with E-state index in [0.717, 1.165) is 6.07 Å². The summed E-state index contributed by atoms with van der Waals surface area (Å²) in [5.41, 5.74) is 3.45. The second-order valence-corrected chi connectivity index (χ2v) is 9.46. The molecule has 0 spiro atoms. The lowest BCUT2D eigenvalue weighted by Gasteiger charge is -2.18. The van der Waals surface area contributed by atoms with Crippen LogP contribution in [0.4, 0.5) is 18.9 Å². The first-order chi connectivity index (χ1) is 19.2. The molecule has 1 amide bonds. The lowest BCUT2D eigenvalue weighted by atomic mass is 9.96. The Hall–Kier alpha value is -5.05. The van der Waals surface area contributed by atoms with Gasteiger partial charge >= 0.3 is 0 Å². The molecule has 6 nitrogen and oxygen atoms in total. The molecular weight excluding hydrogens is 519 g/mol. The molecule has 0 bridgehead atoms. The van der Waals surface area contributed by atoms with Crippen LogP contribution in [0, 0.1) is 17.5 Å². The second-order valence-electron chi connectivity index (χ2n) is 9.46. The van der Waals surface area contributed by atoms with Crippen LogP contribution in [0.2, 0.25) is 0 Å². The summed E-state index contributed by atoms with van der Waals surface area (Å²) in [6, 6.07) is 18.5. The van der Waals surface area contributed by atoms with E-state index in [-0.39, 0.29) is 22.8 Å². The summed E-state index contributed by atoms with van der Waals surface area (Å²) in [6.45, 7) is 0. The molecule has 0 aliphatic heterocycles. The van der Waals surface area contributed by atoms with Gasteiger partial charge in [-0.15, -0.1) is 0 Å². The Morgan fingerprint density at radius 2 is 1.60 bits per heavy atom. The number of nitrogens with one attached hydrogen (secondary N) is 1. The minimum Gasteiger partial charge on any atom is -0.455 e. The number of fused-ring (bicyclic) bond motifs is 2. The molecule has 6 aromatic rings. The number of amides is 1. The fourth-order valence-corrected chi connectivity index (χ4v) is 4.78. The highest BCUT2D eigenvalue weighted by Gasteiger charge is 2.25. The third-order valence-electron chi connectivity index (χ3n) is 6.71. The van der Waals surface area contributed by atoms with Crippen LogP contribution in [-0.2, 0) is 0 Å². The Morgan fingerprint density at radius 1 is 0.850 bits per heavy atom. The van der Waals surface area contributed by atoms with E-state index in [1.54, 1.807) is 55.4 Å². The minimum atomic E-state index is -1.09. The molecule has 0 unspecified atom stereocenters. The summed E-state index contributed by atoms with van der Waals surface area (Å²) in [4.78, 5) is 19.2. The van der Waals surface area contributed by atoms with Crippen LogP contribution in [0.25, 0.3) is 56.0 Å². The SMILES string of the molecule is CNC(=O)c1c(-c2ccc(F)cc2)oc2cc(N(C)C)c(-c3cc(F)c(F)c(-c4nc5ccccc5o4)c3)cc12. The van der Waals surface area contributed by atoms with E-state index < -0.39 is 23.4 Å². The largest absolute Gasteiger partial charge is 0.455 e. The first-order valence-corrected chi connectivity index (χ1v) is 12.4. The summed E-state index contributed by atoms with van der Waals surface area (Å²) in [5.74, 6) is -2.81. The quantitative estimate of drug-likeness (QED) is 0.246. The highest BCUT2D eigenvalue weighted by molar-refractivity contribution is 6.13. The predicted octanol–water partition coefficient (Wildman–Crippen LogP) is 7.42. The van der Waals surface area contributed by atoms with Gasteiger partial charge in [0.05, 0.1) is 11.1 Å². The van der Waals surface area contributed by atoms with Crippen molar-refractivity contribution in [3.05, 3.63) is 95.8 Å². The molecule has 1 N–H and O–H groups in total. The van der Waals surface area contributed by atoms with Crippen molar-refractivity contribution in [1.82, 2.24) is 10.3 Å². The van der Waals surface area contributed by atoms with Crippen LogP contribution in [0.1, 0.15) is 10.4 Å². The van der Waals surface area contributed by atoms with Crippen molar-refractivity contribution in [2.75, 3.05) is 26.0 Å². The number of aromatic nitrogens is 1. The number of benzene rings is 4. The maximum atomic E-state index is 15.1. The highest BCUT2D eigenvalue weighted by atomic mass is 19.2. The summed E-state index contributed by atoms with van der Waals surface area (Å²) < 4.78 is 55.6. The molecule has 2 aromatic heterocycles. The zero-order valence-corrected chi connectivity index (χ0v) is 21.7. The van der Waals surface area contributed by atoms with Crippen LogP contribution in [0.15, 0.2) is 81.6 Å². The summed E-state index contributed by atoms with van der Waals surface area (Å²) in [6.07, 6.45) is 0. The van der Waals surface area contributed by atoms with Crippen molar-refractivity contribution < 1.29 is 26.8 Å². The van der Waals surface area contributed by atoms with Gasteiger partial charge in [0, 0.05) is 49.4 Å². The second kappa shape index (κ2) is 9.60. The summed E-state index contributed by atoms with van der Waals surface area (Å²) in [5, 5.41) is 3.08. The number of halogens is 3. The minimum absolute atomic E-state index is 0.0557. The molecule has 0 radical (unpaired) electrons. The average molecular weight is 542 g/mol. The number of carbonyl (C=O) groups excluding carboxylic acids is 1. The molecule has 0 atom stereocenters. The molecule has 9 heteroatoms. The van der Waals surface area contributed by atoms with Gasteiger partial charge in [0.25, 0.3) is 5.91 Å². The van der Waals surface area contributed by atoms with Gasteiger partial charge in [0.1, 0.15) is 22.7 Å². The number of hydrogen-bond acceptors (Lipinski definition) is 5. The van der Waals surface area contributed by atoms with Gasteiger partial charge in [-0.25, -0.2) is 18.2 Å². The van der Waals surface area contributed by atoms with Crippen molar-refractivity contribution in [2.45, 2.75) is 0 Å². The van der Waals surface area contributed by atoms with Gasteiger partial charge in [-0.3, -0.25) is 4.79 Å². The van der Waals surface area contributed by atoms with E-state index in [9.17, 15) is 9.18 Å². The van der Waals surface area contributed by atoms with Crippen LogP contribution < -0.4 is 10.2 Å². The fraction of sp³-hybridized carbons (Fsp3) is 0.0968. The Bertz CT molecular complexity index is 1890. The van der Waals surface area contributed by atoms with Crippen LogP contribution in [0.5, 0.6) is 0 Å². The predicted molar refractivity (Wildman–Crippen MR) is 148 cm³/mol. The lowest BCUT2D eigenvalue weighted by Crippen LogP contribution is -2.18. The van der Waals surface area contributed by atoms with E-state index in [1.165, 1.54) is 37.4 Å². The molecule has 0 fully saturated rings. The van der Waals surface area contributed by atoms with Crippen LogP contribution in [-0.4, -0.2) is 32.0 Å². The van der Waals surface area contributed by atoms with E-state index in [0.29, 0.717) is 44.4 Å². The highest BCUT2D eigenvalue weighted by Crippen LogP contribution is 2.42. The Morgan fingerprint density at radius 3 is 2.30 bits per heavy atom. The maximum absolute atomic E-state index is 15.1. The first kappa shape index (κ1) is 25.2. The van der Waals surface area contributed by atoms with Gasteiger partial charge in [-0.1, -0.05) is 12.1 Å². The van der Waals surface area contributed by atoms with Crippen molar-refractivity contribution in [2.24, 2.45) is 0 Å². The van der Waals surface area contributed by atoms with Crippen LogP contribution >= 0.6 is 0 Å². The lowest BCUT2D eigenvalue weighted by molar-refractivity contribution is 0.0964. The van der Waals surface area contributed by atoms with E-state index >= 15 is 8.78 Å². The maximum Gasteiger partial charge on any atom is 0.255 e. The summed E-state index contributed by atoms with van der Waals surface area (Å²) >= 11 is 0. The zero-order chi connectivity index (χ0) is 28.1. The molecule has 40 heavy (non-hydrogen) atoms. The van der Waals surface area contributed by atoms with Crippen molar-refractivity contribution in [1.29, 1.82) is 0 Å². The van der Waals surface area contributed by atoms with E-state index in [2.05, 4.69) is 10.3 Å². The smallest absolute Gasteiger partial charge is 0.255 e. The number of oxazole rings is 1. The third kappa shape index (κ3) is 4.16. The molecule has 0 saturated carbocycles. The van der Waals surface area contributed by atoms with Crippen LogP contribution in [0.3, 0.4) is 0 Å². The van der Waals surface area contributed by atoms with E-state index in [4.69, 9.17) is 8.83 Å². The Labute approximate surface area is 226 Å². The van der Waals surface area contributed by atoms with E-state index in [1.807, 2.05) is 0 Å². The summed E-state index contributed by atoms with van der Waals surface area (Å²) in [7, 11) is 5.10. The molecular formula is C31H22F3N3O3. The topological polar surface area (TPSA) is 71.5 Å². The Balaban J connectivity index is 1.60. The number of para-hydroxylation sites is 2. The number of rotatable bonds is 5. The standard InChI is InChI=1S/C31H22F3N3O3/c1-35-30(38)27-20-14-19(24(37(2)3)15-26(20)39-29(27)16-8-10-18(32)11-9-16)17-12-21(28(34)22(33)13-17)31-36-23-6-4-5-7-25(23)40-31/h4-15H,1-3H3,(H,35,38). The molecule has 0 saturated heterocycles. The average Bonchev–Trinajstić information content (AvgIpc) is 3.55. The molecule has 0 aliphatic carbocycles. The molecule has 200 valence electrons. The normalized spacial score (nSPS) is 11.3. The number of furan rings is 1. The van der Waals surface area contributed by atoms with Crippen molar-refractivity contribution >= 4 is 33.7 Å². The molecule has 0 aliphatic rings. The van der Waals surface area contributed by atoms with Gasteiger partial charge in [0.2, 0.25) is 5.89 Å². The van der Waals surface area contributed by atoms with Crippen molar-refractivity contribution in [3.63, 3.8) is 0 Å². The number of anilines is 1. The third-order valence-corrected chi connectivity index (χ3v) is 6.71.